The normalized spacial score (nSPS) is 12.3. The fraction of sp³-hybridized carbons (Fsp3) is 0.355. The molecule has 0 aliphatic rings. The number of nitrogens with one attached hydrogen (secondary N) is 1. The van der Waals surface area contributed by atoms with Gasteiger partial charge in [-0.25, -0.2) is 12.7 Å². The summed E-state index contributed by atoms with van der Waals surface area (Å²) in [4.78, 5) is 29.1. The van der Waals surface area contributed by atoms with Crippen LogP contribution >= 0.6 is 15.9 Å². The molecule has 2 amide bonds. The van der Waals surface area contributed by atoms with E-state index in [1.165, 1.54) is 11.4 Å². The van der Waals surface area contributed by atoms with Crippen LogP contribution in [0.15, 0.2) is 94.3 Å². The minimum absolute atomic E-state index is 0.105. The SMILES string of the molecule is CC(C)CNC(=O)[C@H](Cc1ccccc1)N(Cc1ccc(Br)cc1)C(=O)CCCN(C)S(=O)(=O)c1ccccc1. The molecule has 9 heteroatoms. The summed E-state index contributed by atoms with van der Waals surface area (Å²) in [6, 6.07) is 24.9. The van der Waals surface area contributed by atoms with E-state index in [9.17, 15) is 18.0 Å². The smallest absolute Gasteiger partial charge is 0.243 e. The molecule has 0 fully saturated rings. The van der Waals surface area contributed by atoms with Crippen LogP contribution in [0, 0.1) is 5.92 Å². The van der Waals surface area contributed by atoms with Gasteiger partial charge in [0.05, 0.1) is 4.90 Å². The van der Waals surface area contributed by atoms with E-state index >= 15 is 0 Å². The second-order valence-electron chi connectivity index (χ2n) is 10.2. The Labute approximate surface area is 246 Å². The van der Waals surface area contributed by atoms with Crippen molar-refractivity contribution in [1.82, 2.24) is 14.5 Å². The van der Waals surface area contributed by atoms with Crippen LogP contribution in [-0.2, 0) is 32.6 Å². The Morgan fingerprint density at radius 3 is 2.08 bits per heavy atom. The number of benzene rings is 3. The van der Waals surface area contributed by atoms with Crippen LogP contribution in [-0.4, -0.2) is 55.6 Å². The van der Waals surface area contributed by atoms with Gasteiger partial charge < -0.3 is 10.2 Å². The summed E-state index contributed by atoms with van der Waals surface area (Å²) in [5, 5.41) is 3.02. The summed E-state index contributed by atoms with van der Waals surface area (Å²) in [5.41, 5.74) is 1.85. The van der Waals surface area contributed by atoms with Gasteiger partial charge in [0.25, 0.3) is 0 Å². The molecular weight excluding hydrogens is 590 g/mol. The van der Waals surface area contributed by atoms with Gasteiger partial charge in [0.1, 0.15) is 6.04 Å². The monoisotopic (exact) mass is 627 g/mol. The van der Waals surface area contributed by atoms with Crippen molar-refractivity contribution >= 4 is 37.8 Å². The summed E-state index contributed by atoms with van der Waals surface area (Å²) in [7, 11) is -2.14. The molecular formula is C31H38BrN3O4S. The van der Waals surface area contributed by atoms with Gasteiger partial charge in [0.15, 0.2) is 0 Å². The fourth-order valence-corrected chi connectivity index (χ4v) is 5.75. The molecule has 0 radical (unpaired) electrons. The van der Waals surface area contributed by atoms with Crippen molar-refractivity contribution in [2.24, 2.45) is 5.92 Å². The average molecular weight is 629 g/mol. The first-order valence-electron chi connectivity index (χ1n) is 13.4. The highest BCUT2D eigenvalue weighted by molar-refractivity contribution is 9.10. The quantitative estimate of drug-likeness (QED) is 0.264. The highest BCUT2D eigenvalue weighted by Gasteiger charge is 2.30. The molecule has 7 nitrogen and oxygen atoms in total. The molecule has 0 spiro atoms. The lowest BCUT2D eigenvalue weighted by molar-refractivity contribution is -0.141. The van der Waals surface area contributed by atoms with E-state index in [2.05, 4.69) is 21.2 Å². The second kappa shape index (κ2) is 15.1. The van der Waals surface area contributed by atoms with Crippen LogP contribution in [0.25, 0.3) is 0 Å². The van der Waals surface area contributed by atoms with E-state index in [0.29, 0.717) is 19.4 Å². The van der Waals surface area contributed by atoms with Gasteiger partial charge in [-0.1, -0.05) is 90.4 Å². The Hall–Kier alpha value is -3.01. The van der Waals surface area contributed by atoms with E-state index in [1.54, 1.807) is 35.2 Å². The lowest BCUT2D eigenvalue weighted by Gasteiger charge is -2.32. The number of amides is 2. The van der Waals surface area contributed by atoms with Crippen molar-refractivity contribution < 1.29 is 18.0 Å². The molecule has 0 heterocycles. The molecule has 1 N–H and O–H groups in total. The van der Waals surface area contributed by atoms with Crippen LogP contribution in [0.3, 0.4) is 0 Å². The molecule has 0 saturated heterocycles. The van der Waals surface area contributed by atoms with E-state index in [0.717, 1.165) is 15.6 Å². The van der Waals surface area contributed by atoms with E-state index in [-0.39, 0.29) is 42.1 Å². The highest BCUT2D eigenvalue weighted by atomic mass is 79.9. The average Bonchev–Trinajstić information content (AvgIpc) is 2.95. The molecule has 0 aromatic heterocycles. The number of carbonyl (C=O) groups excluding carboxylic acids is 2. The van der Waals surface area contributed by atoms with E-state index in [1.807, 2.05) is 68.4 Å². The molecule has 0 bridgehead atoms. The summed E-state index contributed by atoms with van der Waals surface area (Å²) in [5.74, 6) is -0.139. The number of nitrogens with zero attached hydrogens (tertiary/aromatic N) is 2. The molecule has 0 aliphatic heterocycles. The molecule has 40 heavy (non-hydrogen) atoms. The minimum Gasteiger partial charge on any atom is -0.354 e. The maximum atomic E-state index is 13.8. The van der Waals surface area contributed by atoms with Crippen LogP contribution in [0.4, 0.5) is 0 Å². The van der Waals surface area contributed by atoms with Gasteiger partial charge in [0, 0.05) is 44.0 Å². The van der Waals surface area contributed by atoms with Gasteiger partial charge in [-0.15, -0.1) is 0 Å². The van der Waals surface area contributed by atoms with Crippen LogP contribution < -0.4 is 5.32 Å². The number of carbonyl (C=O) groups is 2. The zero-order chi connectivity index (χ0) is 29.1. The largest absolute Gasteiger partial charge is 0.354 e. The molecule has 3 rings (SSSR count). The highest BCUT2D eigenvalue weighted by Crippen LogP contribution is 2.19. The molecule has 3 aromatic carbocycles. The molecule has 3 aromatic rings. The van der Waals surface area contributed by atoms with E-state index in [4.69, 9.17) is 0 Å². The van der Waals surface area contributed by atoms with Crippen LogP contribution in [0.1, 0.15) is 37.8 Å². The molecule has 1 atom stereocenters. The standard InChI is InChI=1S/C31H38BrN3O4S/c1-24(2)22-33-31(37)29(21-25-11-6-4-7-12-25)35(23-26-16-18-27(32)19-17-26)30(36)15-10-20-34(3)40(38,39)28-13-8-5-9-14-28/h4-9,11-14,16-19,24,29H,10,15,20-23H2,1-3H3,(H,33,37)/t29-/m0/s1. The predicted octanol–water partition coefficient (Wildman–Crippen LogP) is 5.26. The Kier molecular flexibility index (Phi) is 11.9. The summed E-state index contributed by atoms with van der Waals surface area (Å²) in [6.07, 6.45) is 0.799. The first-order valence-corrected chi connectivity index (χ1v) is 15.7. The zero-order valence-electron chi connectivity index (χ0n) is 23.3. The third kappa shape index (κ3) is 9.28. The molecule has 214 valence electrons. The van der Waals surface area contributed by atoms with Crippen molar-refractivity contribution in [2.75, 3.05) is 20.1 Å². The van der Waals surface area contributed by atoms with Gasteiger partial charge in [-0.3, -0.25) is 9.59 Å². The van der Waals surface area contributed by atoms with E-state index < -0.39 is 16.1 Å². The summed E-state index contributed by atoms with van der Waals surface area (Å²) < 4.78 is 28.0. The lowest BCUT2D eigenvalue weighted by Crippen LogP contribution is -2.51. The predicted molar refractivity (Wildman–Crippen MR) is 162 cm³/mol. The first kappa shape index (κ1) is 31.5. The van der Waals surface area contributed by atoms with Gasteiger partial charge in [-0.2, -0.15) is 0 Å². The second-order valence-corrected chi connectivity index (χ2v) is 13.2. The zero-order valence-corrected chi connectivity index (χ0v) is 25.7. The van der Waals surface area contributed by atoms with Crippen LogP contribution in [0.5, 0.6) is 0 Å². The number of halogens is 1. The van der Waals surface area contributed by atoms with Gasteiger partial charge in [0.2, 0.25) is 21.8 Å². The maximum Gasteiger partial charge on any atom is 0.243 e. The maximum absolute atomic E-state index is 13.8. The number of hydrogen-bond donors (Lipinski definition) is 1. The van der Waals surface area contributed by atoms with Crippen molar-refractivity contribution in [3.8, 4) is 0 Å². The molecule has 0 aliphatic carbocycles. The van der Waals surface area contributed by atoms with Crippen LogP contribution in [0.2, 0.25) is 0 Å². The van der Waals surface area contributed by atoms with Crippen molar-refractivity contribution in [1.29, 1.82) is 0 Å². The van der Waals surface area contributed by atoms with Gasteiger partial charge >= 0.3 is 0 Å². The van der Waals surface area contributed by atoms with Crippen molar-refractivity contribution in [3.05, 3.63) is 101 Å². The Balaban J connectivity index is 1.81. The number of sulfonamides is 1. The Bertz CT molecular complexity index is 1330. The fourth-order valence-electron chi connectivity index (χ4n) is 4.25. The third-order valence-electron chi connectivity index (χ3n) is 6.54. The van der Waals surface area contributed by atoms with Crippen molar-refractivity contribution in [2.45, 2.75) is 50.6 Å². The third-order valence-corrected chi connectivity index (χ3v) is 8.94. The lowest BCUT2D eigenvalue weighted by atomic mass is 10.0. The Morgan fingerprint density at radius 2 is 1.48 bits per heavy atom. The van der Waals surface area contributed by atoms with Crippen molar-refractivity contribution in [3.63, 3.8) is 0 Å². The number of rotatable bonds is 14. The first-order chi connectivity index (χ1) is 19.1. The molecule has 0 unspecified atom stereocenters. The Morgan fingerprint density at radius 1 is 0.875 bits per heavy atom. The number of hydrogen-bond acceptors (Lipinski definition) is 4. The topological polar surface area (TPSA) is 86.8 Å². The molecule has 0 saturated carbocycles. The minimum atomic E-state index is -3.66. The summed E-state index contributed by atoms with van der Waals surface area (Å²) >= 11 is 3.45. The summed E-state index contributed by atoms with van der Waals surface area (Å²) in [6.45, 7) is 5.00. The van der Waals surface area contributed by atoms with Gasteiger partial charge in [-0.05, 0) is 47.7 Å².